The maximum Gasteiger partial charge on any atom is 0.123 e. The van der Waals surface area contributed by atoms with E-state index in [1.165, 1.54) is 5.56 Å². The fourth-order valence-corrected chi connectivity index (χ4v) is 2.18. The minimum absolute atomic E-state index is 0.143. The molecule has 0 amide bonds. The van der Waals surface area contributed by atoms with Crippen LogP contribution in [0.5, 0.6) is 0 Å². The Morgan fingerprint density at radius 2 is 1.62 bits per heavy atom. The molecule has 0 aromatic heterocycles. The SMILES string of the molecule is CCNCC(CC)(CC)c1ccc(F)cc1. The second kappa shape index (κ2) is 6.00. The van der Waals surface area contributed by atoms with Crippen LogP contribution in [-0.4, -0.2) is 13.1 Å². The van der Waals surface area contributed by atoms with Gasteiger partial charge >= 0.3 is 0 Å². The lowest BCUT2D eigenvalue weighted by molar-refractivity contribution is 0.372. The largest absolute Gasteiger partial charge is 0.316 e. The molecule has 0 aliphatic rings. The smallest absolute Gasteiger partial charge is 0.123 e. The van der Waals surface area contributed by atoms with Crippen molar-refractivity contribution < 1.29 is 4.39 Å². The van der Waals surface area contributed by atoms with E-state index in [9.17, 15) is 4.39 Å². The van der Waals surface area contributed by atoms with E-state index in [-0.39, 0.29) is 11.2 Å². The highest BCUT2D eigenvalue weighted by atomic mass is 19.1. The molecule has 1 aromatic rings. The summed E-state index contributed by atoms with van der Waals surface area (Å²) in [6.45, 7) is 8.44. The van der Waals surface area contributed by atoms with E-state index in [4.69, 9.17) is 0 Å². The van der Waals surface area contributed by atoms with Crippen molar-refractivity contribution in [2.75, 3.05) is 13.1 Å². The molecule has 0 saturated carbocycles. The predicted molar refractivity (Wildman–Crippen MR) is 67.2 cm³/mol. The van der Waals surface area contributed by atoms with Crippen LogP contribution in [0.3, 0.4) is 0 Å². The van der Waals surface area contributed by atoms with Gasteiger partial charge in [-0.25, -0.2) is 4.39 Å². The van der Waals surface area contributed by atoms with Gasteiger partial charge in [0.25, 0.3) is 0 Å². The van der Waals surface area contributed by atoms with Crippen LogP contribution in [0.15, 0.2) is 24.3 Å². The summed E-state index contributed by atoms with van der Waals surface area (Å²) in [6.07, 6.45) is 2.14. The molecule has 2 heteroatoms. The van der Waals surface area contributed by atoms with Crippen molar-refractivity contribution in [2.24, 2.45) is 0 Å². The third kappa shape index (κ3) is 2.82. The Kier molecular flexibility index (Phi) is 4.94. The molecule has 0 unspecified atom stereocenters. The normalized spacial score (nSPS) is 11.8. The Hall–Kier alpha value is -0.890. The van der Waals surface area contributed by atoms with Gasteiger partial charge in [0, 0.05) is 12.0 Å². The molecule has 0 atom stereocenters. The predicted octanol–water partition coefficient (Wildman–Crippen LogP) is 3.49. The van der Waals surface area contributed by atoms with Gasteiger partial charge in [-0.05, 0) is 37.1 Å². The van der Waals surface area contributed by atoms with Gasteiger partial charge in [-0.15, -0.1) is 0 Å². The summed E-state index contributed by atoms with van der Waals surface area (Å²) in [5, 5.41) is 3.41. The Morgan fingerprint density at radius 3 is 2.06 bits per heavy atom. The topological polar surface area (TPSA) is 12.0 Å². The molecule has 0 aliphatic heterocycles. The van der Waals surface area contributed by atoms with Gasteiger partial charge in [0.1, 0.15) is 5.82 Å². The fourth-order valence-electron chi connectivity index (χ4n) is 2.18. The summed E-state index contributed by atoms with van der Waals surface area (Å²) in [6, 6.07) is 6.95. The number of rotatable bonds is 6. The second-order valence-corrected chi connectivity index (χ2v) is 4.27. The second-order valence-electron chi connectivity index (χ2n) is 4.27. The summed E-state index contributed by atoms with van der Waals surface area (Å²) in [4.78, 5) is 0. The summed E-state index contributed by atoms with van der Waals surface area (Å²) >= 11 is 0. The Labute approximate surface area is 98.1 Å². The lowest BCUT2D eigenvalue weighted by Crippen LogP contribution is -2.37. The summed E-state index contributed by atoms with van der Waals surface area (Å²) < 4.78 is 12.9. The quantitative estimate of drug-likeness (QED) is 0.778. The van der Waals surface area contributed by atoms with Crippen molar-refractivity contribution >= 4 is 0 Å². The number of hydrogen-bond acceptors (Lipinski definition) is 1. The highest BCUT2D eigenvalue weighted by molar-refractivity contribution is 5.26. The molecule has 90 valence electrons. The van der Waals surface area contributed by atoms with Crippen molar-refractivity contribution in [3.05, 3.63) is 35.6 Å². The van der Waals surface area contributed by atoms with E-state index in [2.05, 4.69) is 26.1 Å². The molecule has 0 heterocycles. The first kappa shape index (κ1) is 13.2. The van der Waals surface area contributed by atoms with Crippen molar-refractivity contribution in [1.82, 2.24) is 5.32 Å². The molecular weight excluding hydrogens is 201 g/mol. The molecule has 1 rings (SSSR count). The first-order chi connectivity index (χ1) is 7.68. The monoisotopic (exact) mass is 223 g/mol. The van der Waals surface area contributed by atoms with E-state index in [1.807, 2.05) is 12.1 Å². The third-order valence-electron chi connectivity index (χ3n) is 3.52. The molecule has 1 aromatic carbocycles. The molecule has 1 N–H and O–H groups in total. The first-order valence-corrected chi connectivity index (χ1v) is 6.15. The van der Waals surface area contributed by atoms with Crippen molar-refractivity contribution in [3.8, 4) is 0 Å². The maximum absolute atomic E-state index is 12.9. The average molecular weight is 223 g/mol. The van der Waals surface area contributed by atoms with Crippen LogP contribution in [0.1, 0.15) is 39.2 Å². The van der Waals surface area contributed by atoms with Gasteiger partial charge in [-0.3, -0.25) is 0 Å². The van der Waals surface area contributed by atoms with Gasteiger partial charge in [-0.1, -0.05) is 32.9 Å². The summed E-state index contributed by atoms with van der Waals surface area (Å²) in [5.41, 5.74) is 1.38. The zero-order valence-corrected chi connectivity index (χ0v) is 10.5. The van der Waals surface area contributed by atoms with Gasteiger partial charge < -0.3 is 5.32 Å². The van der Waals surface area contributed by atoms with Crippen molar-refractivity contribution in [3.63, 3.8) is 0 Å². The highest BCUT2D eigenvalue weighted by Gasteiger charge is 2.27. The summed E-state index contributed by atoms with van der Waals surface area (Å²) in [5.74, 6) is -0.159. The number of hydrogen-bond donors (Lipinski definition) is 1. The van der Waals surface area contributed by atoms with Gasteiger partial charge in [-0.2, -0.15) is 0 Å². The molecular formula is C14H22FN. The Morgan fingerprint density at radius 1 is 1.06 bits per heavy atom. The maximum atomic E-state index is 12.9. The van der Waals surface area contributed by atoms with Crippen molar-refractivity contribution in [1.29, 1.82) is 0 Å². The zero-order chi connectivity index (χ0) is 12.0. The minimum Gasteiger partial charge on any atom is -0.316 e. The minimum atomic E-state index is -0.159. The van der Waals surface area contributed by atoms with Crippen LogP contribution >= 0.6 is 0 Å². The average Bonchev–Trinajstić information content (AvgIpc) is 2.33. The Bertz CT molecular complexity index is 301. The van der Waals surface area contributed by atoms with Crippen LogP contribution in [-0.2, 0) is 5.41 Å². The Balaban J connectivity index is 2.95. The molecule has 0 spiro atoms. The molecule has 16 heavy (non-hydrogen) atoms. The number of nitrogens with one attached hydrogen (secondary N) is 1. The van der Waals surface area contributed by atoms with E-state index in [1.54, 1.807) is 12.1 Å². The summed E-state index contributed by atoms with van der Waals surface area (Å²) in [7, 11) is 0. The number of benzene rings is 1. The molecule has 0 aliphatic carbocycles. The lowest BCUT2D eigenvalue weighted by Gasteiger charge is -2.32. The van der Waals surface area contributed by atoms with Crippen LogP contribution in [0.25, 0.3) is 0 Å². The van der Waals surface area contributed by atoms with E-state index in [0.29, 0.717) is 0 Å². The molecule has 0 bridgehead atoms. The van der Waals surface area contributed by atoms with Gasteiger partial charge in [0.2, 0.25) is 0 Å². The van der Waals surface area contributed by atoms with Gasteiger partial charge in [0.05, 0.1) is 0 Å². The van der Waals surface area contributed by atoms with Crippen LogP contribution in [0, 0.1) is 5.82 Å². The first-order valence-electron chi connectivity index (χ1n) is 6.15. The standard InChI is InChI=1S/C14H22FN/c1-4-14(5-2,11-16-6-3)12-7-9-13(15)10-8-12/h7-10,16H,4-6,11H2,1-3H3. The zero-order valence-electron chi connectivity index (χ0n) is 10.5. The van der Waals surface area contributed by atoms with Gasteiger partial charge in [0.15, 0.2) is 0 Å². The highest BCUT2D eigenvalue weighted by Crippen LogP contribution is 2.31. The molecule has 1 nitrogen and oxygen atoms in total. The van der Waals surface area contributed by atoms with E-state index in [0.717, 1.165) is 25.9 Å². The number of likely N-dealkylation sites (N-methyl/N-ethyl adjacent to an activating group) is 1. The molecule has 0 saturated heterocycles. The van der Waals surface area contributed by atoms with E-state index >= 15 is 0 Å². The van der Waals surface area contributed by atoms with Crippen LogP contribution < -0.4 is 5.32 Å². The number of halogens is 1. The fraction of sp³-hybridized carbons (Fsp3) is 0.571. The van der Waals surface area contributed by atoms with Crippen LogP contribution in [0.2, 0.25) is 0 Å². The molecule has 0 radical (unpaired) electrons. The van der Waals surface area contributed by atoms with E-state index < -0.39 is 0 Å². The lowest BCUT2D eigenvalue weighted by atomic mass is 9.76. The van der Waals surface area contributed by atoms with Crippen molar-refractivity contribution in [2.45, 2.75) is 39.0 Å². The van der Waals surface area contributed by atoms with Crippen LogP contribution in [0.4, 0.5) is 4.39 Å². The third-order valence-corrected chi connectivity index (χ3v) is 3.52. The molecule has 0 fully saturated rings.